The van der Waals surface area contributed by atoms with Crippen LogP contribution in [0.5, 0.6) is 5.75 Å². The Balaban J connectivity index is 1.76. The molecule has 8 heteroatoms. The number of fused-ring (bicyclic) bond motifs is 1. The molecule has 1 aromatic heterocycles. The molecule has 170 valence electrons. The number of nitrogens with zero attached hydrogens (tertiary/aromatic N) is 2. The maximum absolute atomic E-state index is 13.1. The molecule has 7 nitrogen and oxygen atoms in total. The number of aromatic nitrogens is 1. The molecule has 32 heavy (non-hydrogen) atoms. The number of carboxylic acid groups (broad SMARTS) is 1. The summed E-state index contributed by atoms with van der Waals surface area (Å²) < 4.78 is 6.57. The van der Waals surface area contributed by atoms with E-state index in [9.17, 15) is 14.7 Å². The third-order valence-electron chi connectivity index (χ3n) is 4.99. The van der Waals surface area contributed by atoms with Gasteiger partial charge in [-0.2, -0.15) is 0 Å². The number of carboxylic acids is 1. The molecule has 0 spiro atoms. The Morgan fingerprint density at radius 3 is 2.53 bits per heavy atom. The van der Waals surface area contributed by atoms with Gasteiger partial charge >= 0.3 is 12.0 Å². The van der Waals surface area contributed by atoms with E-state index in [2.05, 4.69) is 23.3 Å². The molecule has 0 radical (unpaired) electrons. The number of thiazole rings is 1. The van der Waals surface area contributed by atoms with Crippen LogP contribution >= 0.6 is 11.3 Å². The van der Waals surface area contributed by atoms with Gasteiger partial charge in [0.05, 0.1) is 10.2 Å². The summed E-state index contributed by atoms with van der Waals surface area (Å²) in [5, 5.41) is 12.8. The molecule has 0 bridgehead atoms. The molecule has 3 aromatic rings. The van der Waals surface area contributed by atoms with E-state index in [1.165, 1.54) is 25.2 Å². The van der Waals surface area contributed by atoms with E-state index in [1.54, 1.807) is 29.2 Å². The highest BCUT2D eigenvalue weighted by molar-refractivity contribution is 7.22. The zero-order valence-corrected chi connectivity index (χ0v) is 19.7. The second-order valence-electron chi connectivity index (χ2n) is 8.20. The molecule has 0 aliphatic heterocycles. The van der Waals surface area contributed by atoms with E-state index in [4.69, 9.17) is 4.74 Å². The van der Waals surface area contributed by atoms with Crippen molar-refractivity contribution in [3.8, 4) is 5.75 Å². The Bertz CT molecular complexity index is 1090. The molecular formula is C24H29N3O4S. The lowest BCUT2D eigenvalue weighted by Gasteiger charge is -2.22. The van der Waals surface area contributed by atoms with Crippen LogP contribution in [0.2, 0.25) is 0 Å². The maximum atomic E-state index is 13.1. The van der Waals surface area contributed by atoms with Gasteiger partial charge in [0.25, 0.3) is 0 Å². The van der Waals surface area contributed by atoms with Gasteiger partial charge in [0, 0.05) is 12.2 Å². The van der Waals surface area contributed by atoms with E-state index >= 15 is 0 Å². The minimum absolute atomic E-state index is 0.253. The van der Waals surface area contributed by atoms with Crippen molar-refractivity contribution in [3.63, 3.8) is 0 Å². The lowest BCUT2D eigenvalue weighted by atomic mass is 10.1. The van der Waals surface area contributed by atoms with Crippen molar-refractivity contribution in [2.24, 2.45) is 0 Å². The van der Waals surface area contributed by atoms with Gasteiger partial charge in [-0.1, -0.05) is 37.2 Å². The molecule has 1 heterocycles. The second kappa shape index (κ2) is 9.99. The quantitative estimate of drug-likeness (QED) is 0.382. The van der Waals surface area contributed by atoms with Crippen molar-refractivity contribution in [2.75, 3.05) is 16.8 Å². The number of carbonyl (C=O) groups is 2. The first-order valence-corrected chi connectivity index (χ1v) is 11.5. The fraction of sp³-hybridized carbons (Fsp3) is 0.375. The Hall–Kier alpha value is -3.13. The van der Waals surface area contributed by atoms with E-state index < -0.39 is 11.6 Å². The summed E-state index contributed by atoms with van der Waals surface area (Å²) in [4.78, 5) is 30.7. The predicted octanol–water partition coefficient (Wildman–Crippen LogP) is 6.08. The SMILES string of the molecule is CCCCCN(C(=O)Nc1ccc(OC(C)(C)C(=O)O)cc1)c1nc2ccc(C)cc2s1. The summed E-state index contributed by atoms with van der Waals surface area (Å²) in [5.41, 5.74) is 1.29. The predicted molar refractivity (Wildman–Crippen MR) is 129 cm³/mol. The van der Waals surface area contributed by atoms with Crippen LogP contribution in [0.25, 0.3) is 10.2 Å². The number of carbonyl (C=O) groups excluding carboxylic acids is 1. The topological polar surface area (TPSA) is 91.8 Å². The first-order valence-electron chi connectivity index (χ1n) is 10.7. The fourth-order valence-corrected chi connectivity index (χ4v) is 4.16. The lowest BCUT2D eigenvalue weighted by Crippen LogP contribution is -2.37. The van der Waals surface area contributed by atoms with Gasteiger partial charge in [0.1, 0.15) is 5.75 Å². The van der Waals surface area contributed by atoms with Crippen molar-refractivity contribution in [2.45, 2.75) is 52.6 Å². The average molecular weight is 456 g/mol. The van der Waals surface area contributed by atoms with Crippen LogP contribution < -0.4 is 15.0 Å². The van der Waals surface area contributed by atoms with Crippen molar-refractivity contribution in [1.29, 1.82) is 0 Å². The molecule has 0 aliphatic rings. The monoisotopic (exact) mass is 455 g/mol. The fourth-order valence-electron chi connectivity index (χ4n) is 3.07. The smallest absolute Gasteiger partial charge is 0.347 e. The van der Waals surface area contributed by atoms with E-state index in [1.807, 2.05) is 19.1 Å². The summed E-state index contributed by atoms with van der Waals surface area (Å²) in [6.07, 6.45) is 2.97. The van der Waals surface area contributed by atoms with Gasteiger partial charge in [-0.15, -0.1) is 0 Å². The van der Waals surface area contributed by atoms with Crippen LogP contribution in [0, 0.1) is 6.92 Å². The van der Waals surface area contributed by atoms with Crippen molar-refractivity contribution in [3.05, 3.63) is 48.0 Å². The van der Waals surface area contributed by atoms with Crippen molar-refractivity contribution in [1.82, 2.24) is 4.98 Å². The highest BCUT2D eigenvalue weighted by Crippen LogP contribution is 2.30. The molecule has 2 N–H and O–H groups in total. The van der Waals surface area contributed by atoms with Crippen LogP contribution in [0.4, 0.5) is 15.6 Å². The molecule has 0 fully saturated rings. The number of hydrogen-bond acceptors (Lipinski definition) is 5. The summed E-state index contributed by atoms with van der Waals surface area (Å²) in [6, 6.07) is 12.5. The standard InChI is InChI=1S/C24H29N3O4S/c1-5-6-7-14-27(23-26-19-13-8-16(2)15-20(19)32-23)22(30)25-17-9-11-18(12-10-17)31-24(3,4)21(28)29/h8-13,15H,5-7,14H2,1-4H3,(H,25,30)(H,28,29). The number of amides is 2. The van der Waals surface area contributed by atoms with Gasteiger partial charge in [-0.25, -0.2) is 14.6 Å². The third kappa shape index (κ3) is 5.76. The number of hydrogen-bond donors (Lipinski definition) is 2. The Morgan fingerprint density at radius 2 is 1.88 bits per heavy atom. The van der Waals surface area contributed by atoms with Gasteiger partial charge < -0.3 is 15.2 Å². The summed E-state index contributed by atoms with van der Waals surface area (Å²) in [6.45, 7) is 7.71. The largest absolute Gasteiger partial charge is 0.478 e. The average Bonchev–Trinajstić information content (AvgIpc) is 3.15. The second-order valence-corrected chi connectivity index (χ2v) is 9.21. The Kier molecular flexibility index (Phi) is 7.35. The van der Waals surface area contributed by atoms with E-state index in [0.29, 0.717) is 23.1 Å². The third-order valence-corrected chi connectivity index (χ3v) is 6.03. The molecule has 0 atom stereocenters. The lowest BCUT2D eigenvalue weighted by molar-refractivity contribution is -0.152. The number of nitrogens with one attached hydrogen (secondary N) is 1. The van der Waals surface area contributed by atoms with Crippen LogP contribution in [-0.4, -0.2) is 34.2 Å². The van der Waals surface area contributed by atoms with Crippen molar-refractivity contribution >= 4 is 44.4 Å². The number of benzene rings is 2. The first-order chi connectivity index (χ1) is 15.2. The van der Waals surface area contributed by atoms with E-state index in [0.717, 1.165) is 35.0 Å². The zero-order chi connectivity index (χ0) is 23.3. The summed E-state index contributed by atoms with van der Waals surface area (Å²) in [7, 11) is 0. The Morgan fingerprint density at radius 1 is 1.16 bits per heavy atom. The molecule has 2 amide bonds. The minimum atomic E-state index is -1.34. The zero-order valence-electron chi connectivity index (χ0n) is 18.8. The van der Waals surface area contributed by atoms with Gasteiger partial charge in [0.15, 0.2) is 10.7 Å². The molecule has 0 unspecified atom stereocenters. The molecule has 2 aromatic carbocycles. The van der Waals surface area contributed by atoms with Crippen LogP contribution in [0.3, 0.4) is 0 Å². The van der Waals surface area contributed by atoms with Crippen LogP contribution in [0.1, 0.15) is 45.6 Å². The van der Waals surface area contributed by atoms with Gasteiger partial charge in [-0.3, -0.25) is 4.90 Å². The van der Waals surface area contributed by atoms with E-state index in [-0.39, 0.29) is 6.03 Å². The molecular weight excluding hydrogens is 426 g/mol. The number of urea groups is 1. The molecule has 0 saturated carbocycles. The number of aryl methyl sites for hydroxylation is 1. The molecule has 0 saturated heterocycles. The Labute approximate surface area is 192 Å². The number of aliphatic carboxylic acids is 1. The molecule has 3 rings (SSSR count). The van der Waals surface area contributed by atoms with Gasteiger partial charge in [0.2, 0.25) is 0 Å². The normalized spacial score (nSPS) is 11.4. The first kappa shape index (κ1) is 23.5. The summed E-state index contributed by atoms with van der Waals surface area (Å²) in [5.74, 6) is -0.639. The number of anilines is 2. The number of ether oxygens (including phenoxy) is 1. The number of unbranched alkanes of at least 4 members (excludes halogenated alkanes) is 2. The van der Waals surface area contributed by atoms with Crippen molar-refractivity contribution < 1.29 is 19.4 Å². The van der Waals surface area contributed by atoms with Crippen LogP contribution in [0.15, 0.2) is 42.5 Å². The summed E-state index contributed by atoms with van der Waals surface area (Å²) >= 11 is 1.51. The number of rotatable bonds is 9. The molecule has 0 aliphatic carbocycles. The highest BCUT2D eigenvalue weighted by Gasteiger charge is 2.29. The maximum Gasteiger partial charge on any atom is 0.347 e. The van der Waals surface area contributed by atoms with Crippen LogP contribution in [-0.2, 0) is 4.79 Å². The highest BCUT2D eigenvalue weighted by atomic mass is 32.1. The van der Waals surface area contributed by atoms with Gasteiger partial charge in [-0.05, 0) is 69.2 Å². The minimum Gasteiger partial charge on any atom is -0.478 e.